The molecule has 0 bridgehead atoms. The molecule has 0 fully saturated rings. The second-order valence-corrected chi connectivity index (χ2v) is 2.93. The van der Waals surface area contributed by atoms with Gasteiger partial charge < -0.3 is 4.74 Å². The summed E-state index contributed by atoms with van der Waals surface area (Å²) < 4.78 is 4.48. The van der Waals surface area contributed by atoms with Gasteiger partial charge >= 0.3 is 5.97 Å². The molecule has 3 nitrogen and oxygen atoms in total. The highest BCUT2D eigenvalue weighted by atomic mass is 16.5. The second-order valence-electron chi connectivity index (χ2n) is 2.93. The van der Waals surface area contributed by atoms with Crippen molar-refractivity contribution >= 4 is 18.3 Å². The average Bonchev–Trinajstić information content (AvgIpc) is 2.29. The maximum absolute atomic E-state index is 10.8. The number of methoxy groups -OCH3 is 1. The zero-order chi connectivity index (χ0) is 11.1. The van der Waals surface area contributed by atoms with E-state index in [2.05, 4.69) is 4.74 Å². The largest absolute Gasteiger partial charge is 0.469 e. The maximum atomic E-state index is 10.8. The summed E-state index contributed by atoms with van der Waals surface area (Å²) in [7, 11) is 1.34. The third-order valence-corrected chi connectivity index (χ3v) is 1.93. The lowest BCUT2D eigenvalue weighted by molar-refractivity contribution is -0.139. The van der Waals surface area contributed by atoms with Crippen LogP contribution in [0.5, 0.6) is 0 Å². The Morgan fingerprint density at radius 2 is 2.00 bits per heavy atom. The predicted molar refractivity (Wildman–Crippen MR) is 57.5 cm³/mol. The van der Waals surface area contributed by atoms with E-state index < -0.39 is 0 Å². The van der Waals surface area contributed by atoms with Crippen molar-refractivity contribution in [2.24, 2.45) is 0 Å². The highest BCUT2D eigenvalue weighted by Crippen LogP contribution is 2.08. The van der Waals surface area contributed by atoms with Crippen molar-refractivity contribution in [3.8, 4) is 0 Å². The van der Waals surface area contributed by atoms with Crippen molar-refractivity contribution in [2.45, 2.75) is 6.42 Å². The van der Waals surface area contributed by atoms with Gasteiger partial charge in [-0.05, 0) is 5.56 Å². The van der Waals surface area contributed by atoms with Crippen molar-refractivity contribution in [1.82, 2.24) is 0 Å². The zero-order valence-electron chi connectivity index (χ0n) is 8.47. The van der Waals surface area contributed by atoms with E-state index in [1.165, 1.54) is 7.11 Å². The summed E-state index contributed by atoms with van der Waals surface area (Å²) in [5, 5.41) is 0. The standard InChI is InChI=1S/C12H12O3/c1-15-12(14)8-4-7-10-5-2-3-6-11(10)9-13/h2-7,9H,8H2,1H3/b7-4+. The summed E-state index contributed by atoms with van der Waals surface area (Å²) in [5.74, 6) is -0.296. The first-order valence-electron chi connectivity index (χ1n) is 4.55. The molecule has 78 valence electrons. The monoisotopic (exact) mass is 204 g/mol. The van der Waals surface area contributed by atoms with Gasteiger partial charge in [-0.15, -0.1) is 0 Å². The fourth-order valence-electron chi connectivity index (χ4n) is 1.14. The van der Waals surface area contributed by atoms with Crippen molar-refractivity contribution in [3.05, 3.63) is 41.5 Å². The quantitative estimate of drug-likeness (QED) is 0.557. The Kier molecular flexibility index (Phi) is 4.29. The number of carbonyl (C=O) groups is 2. The molecular weight excluding hydrogens is 192 g/mol. The van der Waals surface area contributed by atoms with Crippen LogP contribution >= 0.6 is 0 Å². The Hall–Kier alpha value is -1.90. The third-order valence-electron chi connectivity index (χ3n) is 1.93. The molecule has 0 aromatic heterocycles. The van der Waals surface area contributed by atoms with Crippen LogP contribution in [-0.4, -0.2) is 19.4 Å². The third kappa shape index (κ3) is 3.38. The van der Waals surface area contributed by atoms with Crippen LogP contribution in [0.25, 0.3) is 6.08 Å². The zero-order valence-corrected chi connectivity index (χ0v) is 8.47. The molecule has 0 aliphatic heterocycles. The molecule has 0 N–H and O–H groups in total. The molecule has 1 rings (SSSR count). The molecule has 0 aliphatic carbocycles. The van der Waals surface area contributed by atoms with Crippen molar-refractivity contribution in [3.63, 3.8) is 0 Å². The molecule has 0 heterocycles. The number of carbonyl (C=O) groups excluding carboxylic acids is 2. The Morgan fingerprint density at radius 1 is 1.33 bits per heavy atom. The van der Waals surface area contributed by atoms with Gasteiger partial charge in [0.25, 0.3) is 0 Å². The number of ether oxygens (including phenoxy) is 1. The molecule has 1 aromatic rings. The molecule has 0 saturated carbocycles. The van der Waals surface area contributed by atoms with Crippen molar-refractivity contribution in [2.75, 3.05) is 7.11 Å². The lowest BCUT2D eigenvalue weighted by Gasteiger charge is -1.97. The van der Waals surface area contributed by atoms with E-state index in [1.54, 1.807) is 24.3 Å². The molecule has 0 atom stereocenters. The molecule has 0 amide bonds. The average molecular weight is 204 g/mol. The van der Waals surface area contributed by atoms with Crippen LogP contribution in [0.2, 0.25) is 0 Å². The fourth-order valence-corrected chi connectivity index (χ4v) is 1.14. The van der Waals surface area contributed by atoms with Gasteiger partial charge in [0.1, 0.15) is 0 Å². The summed E-state index contributed by atoms with van der Waals surface area (Å²) >= 11 is 0. The molecule has 3 heteroatoms. The summed E-state index contributed by atoms with van der Waals surface area (Å²) in [6.07, 6.45) is 4.41. The SMILES string of the molecule is COC(=O)C/C=C/c1ccccc1C=O. The Labute approximate surface area is 88.4 Å². The molecule has 0 aliphatic rings. The highest BCUT2D eigenvalue weighted by Gasteiger charge is 1.97. The van der Waals surface area contributed by atoms with Gasteiger partial charge in [0, 0.05) is 5.56 Å². The van der Waals surface area contributed by atoms with Crippen LogP contribution in [0.3, 0.4) is 0 Å². The van der Waals surface area contributed by atoms with Crippen LogP contribution in [-0.2, 0) is 9.53 Å². The van der Waals surface area contributed by atoms with Crippen LogP contribution in [0.1, 0.15) is 22.3 Å². The topological polar surface area (TPSA) is 43.4 Å². The van der Waals surface area contributed by atoms with E-state index in [-0.39, 0.29) is 12.4 Å². The van der Waals surface area contributed by atoms with Gasteiger partial charge in [-0.3, -0.25) is 9.59 Å². The summed E-state index contributed by atoms with van der Waals surface area (Å²) in [4.78, 5) is 21.5. The smallest absolute Gasteiger partial charge is 0.309 e. The number of benzene rings is 1. The number of hydrogen-bond acceptors (Lipinski definition) is 3. The summed E-state index contributed by atoms with van der Waals surface area (Å²) in [6, 6.07) is 7.18. The van der Waals surface area contributed by atoms with E-state index in [0.717, 1.165) is 11.8 Å². The highest BCUT2D eigenvalue weighted by molar-refractivity contribution is 5.82. The minimum absolute atomic E-state index is 0.212. The van der Waals surface area contributed by atoms with E-state index in [4.69, 9.17) is 0 Å². The van der Waals surface area contributed by atoms with Gasteiger partial charge in [-0.1, -0.05) is 36.4 Å². The first-order valence-corrected chi connectivity index (χ1v) is 4.55. The molecule has 0 radical (unpaired) electrons. The number of rotatable bonds is 4. The van der Waals surface area contributed by atoms with E-state index in [0.29, 0.717) is 5.56 Å². The van der Waals surface area contributed by atoms with E-state index in [1.807, 2.05) is 12.1 Å². The molecule has 0 unspecified atom stereocenters. The Morgan fingerprint density at radius 3 is 2.60 bits per heavy atom. The second kappa shape index (κ2) is 5.75. The van der Waals surface area contributed by atoms with Crippen LogP contribution in [0.4, 0.5) is 0 Å². The molecule has 15 heavy (non-hydrogen) atoms. The van der Waals surface area contributed by atoms with Crippen LogP contribution < -0.4 is 0 Å². The minimum Gasteiger partial charge on any atom is -0.469 e. The Bertz CT molecular complexity index is 380. The lowest BCUT2D eigenvalue weighted by atomic mass is 10.1. The summed E-state index contributed by atoms with van der Waals surface area (Å²) in [6.45, 7) is 0. The molecule has 0 spiro atoms. The van der Waals surface area contributed by atoms with E-state index in [9.17, 15) is 9.59 Å². The minimum atomic E-state index is -0.296. The first-order chi connectivity index (χ1) is 7.27. The molecule has 0 saturated heterocycles. The molecule has 1 aromatic carbocycles. The predicted octanol–water partition coefficient (Wildman–Crippen LogP) is 2.08. The van der Waals surface area contributed by atoms with Gasteiger partial charge in [0.15, 0.2) is 6.29 Å². The lowest BCUT2D eigenvalue weighted by Crippen LogP contribution is -1.96. The number of hydrogen-bond donors (Lipinski definition) is 0. The van der Waals surface area contributed by atoms with Crippen LogP contribution in [0, 0.1) is 0 Å². The number of aldehydes is 1. The van der Waals surface area contributed by atoms with E-state index >= 15 is 0 Å². The first kappa shape index (κ1) is 11.2. The van der Waals surface area contributed by atoms with Gasteiger partial charge in [0.2, 0.25) is 0 Å². The van der Waals surface area contributed by atoms with Gasteiger partial charge in [-0.25, -0.2) is 0 Å². The molecular formula is C12H12O3. The summed E-state index contributed by atoms with van der Waals surface area (Å²) in [5.41, 5.74) is 1.41. The number of esters is 1. The van der Waals surface area contributed by atoms with Gasteiger partial charge in [0.05, 0.1) is 13.5 Å². The maximum Gasteiger partial charge on any atom is 0.309 e. The normalized spacial score (nSPS) is 10.2. The van der Waals surface area contributed by atoms with Gasteiger partial charge in [-0.2, -0.15) is 0 Å². The van der Waals surface area contributed by atoms with Crippen molar-refractivity contribution < 1.29 is 14.3 Å². The Balaban J connectivity index is 2.71. The fraction of sp³-hybridized carbons (Fsp3) is 0.167. The van der Waals surface area contributed by atoms with Crippen LogP contribution in [0.15, 0.2) is 30.3 Å². The van der Waals surface area contributed by atoms with Crippen molar-refractivity contribution in [1.29, 1.82) is 0 Å².